The van der Waals surface area contributed by atoms with Crippen LogP contribution in [0.25, 0.3) is 0 Å². The van der Waals surface area contributed by atoms with Gasteiger partial charge in [0.05, 0.1) is 5.75 Å². The number of nitrogens with one attached hydrogen (secondary N) is 1. The van der Waals surface area contributed by atoms with Gasteiger partial charge in [0.15, 0.2) is 11.0 Å². The molecular weight excluding hydrogens is 336 g/mol. The van der Waals surface area contributed by atoms with E-state index in [2.05, 4.69) is 36.8 Å². The van der Waals surface area contributed by atoms with Crippen molar-refractivity contribution in [2.45, 2.75) is 43.1 Å². The third kappa shape index (κ3) is 4.33. The summed E-state index contributed by atoms with van der Waals surface area (Å²) in [4.78, 5) is 4.21. The summed E-state index contributed by atoms with van der Waals surface area (Å²) < 4.78 is 7.29. The van der Waals surface area contributed by atoms with Crippen LogP contribution in [0.15, 0.2) is 22.3 Å². The van der Waals surface area contributed by atoms with Crippen molar-refractivity contribution in [2.75, 3.05) is 13.1 Å². The first-order valence-electron chi connectivity index (χ1n) is 7.44. The van der Waals surface area contributed by atoms with Crippen molar-refractivity contribution in [3.63, 3.8) is 0 Å². The lowest BCUT2D eigenvalue weighted by molar-refractivity contribution is 0.387. The molecule has 1 saturated heterocycles. The number of hydrogen-bond acceptors (Lipinski definition) is 7. The van der Waals surface area contributed by atoms with Gasteiger partial charge < -0.3 is 14.4 Å². The molecule has 1 aliphatic heterocycles. The predicted octanol–water partition coefficient (Wildman–Crippen LogP) is 2.34. The summed E-state index contributed by atoms with van der Waals surface area (Å²) >= 11 is 1.57. The first-order valence-corrected chi connectivity index (χ1v) is 8.43. The lowest BCUT2D eigenvalue weighted by Crippen LogP contribution is -2.28. The molecule has 7 nitrogen and oxygen atoms in total. The fraction of sp³-hybridized carbons (Fsp3) is 0.571. The van der Waals surface area contributed by atoms with Crippen LogP contribution in [0, 0.1) is 6.92 Å². The Morgan fingerprint density at radius 3 is 2.83 bits per heavy atom. The lowest BCUT2D eigenvalue weighted by atomic mass is 9.97. The monoisotopic (exact) mass is 356 g/mol. The van der Waals surface area contributed by atoms with Gasteiger partial charge in [0.25, 0.3) is 0 Å². The number of rotatable bonds is 6. The maximum absolute atomic E-state index is 5.14. The Morgan fingerprint density at radius 2 is 2.17 bits per heavy atom. The van der Waals surface area contributed by atoms with Gasteiger partial charge in [-0.2, -0.15) is 4.98 Å². The minimum Gasteiger partial charge on any atom is -0.338 e. The SMILES string of the molecule is C=CCn1c(SCc2nc(C)no2)nnc1C1CCNCC1.Cl. The molecule has 0 spiro atoms. The van der Waals surface area contributed by atoms with Gasteiger partial charge in [0, 0.05) is 12.5 Å². The third-order valence-corrected chi connectivity index (χ3v) is 4.61. The topological polar surface area (TPSA) is 81.7 Å². The average molecular weight is 357 g/mol. The van der Waals surface area contributed by atoms with E-state index in [4.69, 9.17) is 4.52 Å². The molecule has 0 aliphatic carbocycles. The molecule has 0 bridgehead atoms. The van der Waals surface area contributed by atoms with Gasteiger partial charge in [-0.05, 0) is 32.9 Å². The molecule has 9 heteroatoms. The minimum absolute atomic E-state index is 0. The van der Waals surface area contributed by atoms with Crippen LogP contribution >= 0.6 is 24.2 Å². The number of aromatic nitrogens is 5. The zero-order valence-electron chi connectivity index (χ0n) is 13.1. The maximum atomic E-state index is 5.14. The second kappa shape index (κ2) is 8.47. The van der Waals surface area contributed by atoms with Crippen molar-refractivity contribution in [1.29, 1.82) is 0 Å². The number of nitrogens with zero attached hydrogens (tertiary/aromatic N) is 5. The number of piperidine rings is 1. The van der Waals surface area contributed by atoms with Crippen LogP contribution in [-0.4, -0.2) is 38.0 Å². The van der Waals surface area contributed by atoms with Crippen LogP contribution < -0.4 is 5.32 Å². The van der Waals surface area contributed by atoms with Gasteiger partial charge >= 0.3 is 0 Å². The van der Waals surface area contributed by atoms with Gasteiger partial charge in [-0.3, -0.25) is 0 Å². The summed E-state index contributed by atoms with van der Waals surface area (Å²) in [6, 6.07) is 0. The number of thioether (sulfide) groups is 1. The summed E-state index contributed by atoms with van der Waals surface area (Å²) in [5.41, 5.74) is 0. The average Bonchev–Trinajstić information content (AvgIpc) is 3.13. The molecule has 0 radical (unpaired) electrons. The van der Waals surface area contributed by atoms with E-state index in [1.165, 1.54) is 0 Å². The number of allylic oxidation sites excluding steroid dienone is 1. The van der Waals surface area contributed by atoms with Gasteiger partial charge in [0.2, 0.25) is 5.89 Å². The smallest absolute Gasteiger partial charge is 0.237 e. The summed E-state index contributed by atoms with van der Waals surface area (Å²) in [5.74, 6) is 3.39. The summed E-state index contributed by atoms with van der Waals surface area (Å²) in [7, 11) is 0. The number of aryl methyl sites for hydroxylation is 1. The normalized spacial score (nSPS) is 15.3. The van der Waals surface area contributed by atoms with Crippen LogP contribution in [0.5, 0.6) is 0 Å². The summed E-state index contributed by atoms with van der Waals surface area (Å²) in [5, 5.41) is 16.8. The van der Waals surface area contributed by atoms with Gasteiger partial charge in [-0.15, -0.1) is 29.2 Å². The van der Waals surface area contributed by atoms with E-state index in [1.807, 2.05) is 13.0 Å². The van der Waals surface area contributed by atoms with E-state index in [0.29, 0.717) is 23.4 Å². The van der Waals surface area contributed by atoms with E-state index < -0.39 is 0 Å². The molecular formula is C14H21ClN6OS. The van der Waals surface area contributed by atoms with Crippen molar-refractivity contribution < 1.29 is 4.52 Å². The molecule has 126 valence electrons. The van der Waals surface area contributed by atoms with Crippen LogP contribution in [0.1, 0.15) is 36.3 Å². The second-order valence-electron chi connectivity index (χ2n) is 5.29. The van der Waals surface area contributed by atoms with Gasteiger partial charge in [-0.1, -0.05) is 23.0 Å². The molecule has 1 aliphatic rings. The zero-order chi connectivity index (χ0) is 15.4. The van der Waals surface area contributed by atoms with E-state index >= 15 is 0 Å². The van der Waals surface area contributed by atoms with E-state index in [-0.39, 0.29) is 12.4 Å². The maximum Gasteiger partial charge on any atom is 0.237 e. The van der Waals surface area contributed by atoms with Crippen molar-refractivity contribution >= 4 is 24.2 Å². The lowest BCUT2D eigenvalue weighted by Gasteiger charge is -2.22. The van der Waals surface area contributed by atoms with Crippen LogP contribution in [0.4, 0.5) is 0 Å². The first-order chi connectivity index (χ1) is 10.8. The van der Waals surface area contributed by atoms with Crippen LogP contribution in [0.2, 0.25) is 0 Å². The van der Waals surface area contributed by atoms with Crippen molar-refractivity contribution in [2.24, 2.45) is 0 Å². The van der Waals surface area contributed by atoms with Crippen LogP contribution in [-0.2, 0) is 12.3 Å². The molecule has 0 amide bonds. The Bertz CT molecular complexity index is 637. The highest BCUT2D eigenvalue weighted by atomic mass is 35.5. The van der Waals surface area contributed by atoms with Crippen molar-refractivity contribution in [3.05, 3.63) is 30.2 Å². The standard InChI is InChI=1S/C14H20N6OS.ClH/c1-3-8-20-13(11-4-6-15-7-5-11)17-18-14(20)22-9-12-16-10(2)19-21-12;/h3,11,15H,1,4-9H2,2H3;1H. The fourth-order valence-electron chi connectivity index (χ4n) is 2.61. The minimum atomic E-state index is 0. The second-order valence-corrected chi connectivity index (χ2v) is 6.23. The van der Waals surface area contributed by atoms with Crippen LogP contribution in [0.3, 0.4) is 0 Å². The molecule has 1 N–H and O–H groups in total. The molecule has 2 aromatic rings. The first kappa shape index (κ1) is 18.0. The Hall–Kier alpha value is -1.38. The van der Waals surface area contributed by atoms with Crippen molar-refractivity contribution in [1.82, 2.24) is 30.2 Å². The molecule has 3 heterocycles. The molecule has 3 rings (SSSR count). The van der Waals surface area contributed by atoms with Gasteiger partial charge in [-0.25, -0.2) is 0 Å². The molecule has 23 heavy (non-hydrogen) atoms. The highest BCUT2D eigenvalue weighted by Gasteiger charge is 2.23. The molecule has 1 fully saturated rings. The number of halogens is 1. The predicted molar refractivity (Wildman–Crippen MR) is 90.9 cm³/mol. The highest BCUT2D eigenvalue weighted by molar-refractivity contribution is 7.98. The van der Waals surface area contributed by atoms with E-state index in [0.717, 1.165) is 43.5 Å². The third-order valence-electron chi connectivity index (χ3n) is 3.66. The number of hydrogen-bond donors (Lipinski definition) is 1. The summed E-state index contributed by atoms with van der Waals surface area (Å²) in [6.07, 6.45) is 4.08. The zero-order valence-corrected chi connectivity index (χ0v) is 14.7. The molecule has 0 unspecified atom stereocenters. The Balaban J connectivity index is 0.00000192. The van der Waals surface area contributed by atoms with E-state index in [1.54, 1.807) is 11.8 Å². The van der Waals surface area contributed by atoms with E-state index in [9.17, 15) is 0 Å². The quantitative estimate of drug-likeness (QED) is 0.628. The van der Waals surface area contributed by atoms with Gasteiger partial charge in [0.1, 0.15) is 5.82 Å². The molecule has 0 aromatic carbocycles. The molecule has 2 aromatic heterocycles. The molecule has 0 atom stereocenters. The molecule has 0 saturated carbocycles. The Morgan fingerprint density at radius 1 is 1.39 bits per heavy atom. The Kier molecular flexibility index (Phi) is 6.61. The van der Waals surface area contributed by atoms with Crippen molar-refractivity contribution in [3.8, 4) is 0 Å². The summed E-state index contributed by atoms with van der Waals surface area (Å²) in [6.45, 7) is 8.45. The highest BCUT2D eigenvalue weighted by Crippen LogP contribution is 2.28. The largest absolute Gasteiger partial charge is 0.338 e. The fourth-order valence-corrected chi connectivity index (χ4v) is 3.41. The Labute approximate surface area is 145 Å².